The minimum absolute atomic E-state index is 1.20. The second-order valence-corrected chi connectivity index (χ2v) is 4.15. The molecule has 0 radical (unpaired) electrons. The van der Waals surface area contributed by atoms with E-state index < -0.39 is 0 Å². The first kappa shape index (κ1) is 10.3. The van der Waals surface area contributed by atoms with Gasteiger partial charge in [-0.2, -0.15) is 0 Å². The van der Waals surface area contributed by atoms with E-state index in [1.165, 1.54) is 48.4 Å². The van der Waals surface area contributed by atoms with Crippen LogP contribution in [0.5, 0.6) is 0 Å². The Morgan fingerprint density at radius 3 is 2.73 bits per heavy atom. The first-order valence-electron chi connectivity index (χ1n) is 5.85. The van der Waals surface area contributed by atoms with Crippen LogP contribution in [0.1, 0.15) is 38.2 Å². The molecule has 0 atom stereocenters. The molecule has 0 fully saturated rings. The molecule has 1 aromatic carbocycles. The van der Waals surface area contributed by atoms with Crippen LogP contribution in [-0.4, -0.2) is 0 Å². The molecule has 2 rings (SSSR count). The SMILES string of the molecule is CCCCCCc1ccc2cocc2c1. The Bertz CT molecular complexity index is 414. The minimum atomic E-state index is 1.20. The van der Waals surface area contributed by atoms with E-state index in [1.54, 1.807) is 6.26 Å². The first-order chi connectivity index (χ1) is 7.40. The average molecular weight is 202 g/mol. The predicted molar refractivity (Wildman–Crippen MR) is 64.1 cm³/mol. The second kappa shape index (κ2) is 5.01. The van der Waals surface area contributed by atoms with Crippen molar-refractivity contribution in [2.24, 2.45) is 0 Å². The van der Waals surface area contributed by atoms with Crippen LogP contribution < -0.4 is 0 Å². The van der Waals surface area contributed by atoms with Gasteiger partial charge in [0.05, 0.1) is 12.5 Å². The summed E-state index contributed by atoms with van der Waals surface area (Å²) in [6, 6.07) is 6.60. The minimum Gasteiger partial charge on any atom is -0.471 e. The number of rotatable bonds is 5. The second-order valence-electron chi connectivity index (χ2n) is 4.15. The Morgan fingerprint density at radius 2 is 1.87 bits per heavy atom. The van der Waals surface area contributed by atoms with Gasteiger partial charge in [-0.05, 0) is 24.5 Å². The third-order valence-corrected chi connectivity index (χ3v) is 2.86. The van der Waals surface area contributed by atoms with Gasteiger partial charge in [-0.15, -0.1) is 0 Å². The summed E-state index contributed by atoms with van der Waals surface area (Å²) >= 11 is 0. The Hall–Kier alpha value is -1.24. The number of benzene rings is 1. The Labute approximate surface area is 91.1 Å². The topological polar surface area (TPSA) is 13.1 Å². The zero-order valence-corrected chi connectivity index (χ0v) is 9.33. The van der Waals surface area contributed by atoms with Crippen molar-refractivity contribution in [3.05, 3.63) is 36.3 Å². The fourth-order valence-electron chi connectivity index (χ4n) is 1.93. The van der Waals surface area contributed by atoms with Gasteiger partial charge in [0.1, 0.15) is 0 Å². The number of aryl methyl sites for hydroxylation is 1. The summed E-state index contributed by atoms with van der Waals surface area (Å²) in [5, 5.41) is 2.43. The quantitative estimate of drug-likeness (QED) is 0.648. The van der Waals surface area contributed by atoms with Crippen molar-refractivity contribution < 1.29 is 4.42 Å². The van der Waals surface area contributed by atoms with Gasteiger partial charge in [0.15, 0.2) is 0 Å². The molecular weight excluding hydrogens is 184 g/mol. The Morgan fingerprint density at radius 1 is 1.00 bits per heavy atom. The summed E-state index contributed by atoms with van der Waals surface area (Å²) in [5.74, 6) is 0. The highest BCUT2D eigenvalue weighted by molar-refractivity contribution is 5.81. The molecule has 0 saturated heterocycles. The maximum absolute atomic E-state index is 5.16. The molecule has 0 unspecified atom stereocenters. The lowest BCUT2D eigenvalue weighted by molar-refractivity contribution is 0.572. The number of unbranched alkanes of at least 4 members (excludes halogenated alkanes) is 3. The zero-order chi connectivity index (χ0) is 10.5. The van der Waals surface area contributed by atoms with Crippen molar-refractivity contribution in [3.8, 4) is 0 Å². The molecular formula is C14H18O. The van der Waals surface area contributed by atoms with Crippen LogP contribution in [0.4, 0.5) is 0 Å². The van der Waals surface area contributed by atoms with Crippen LogP contribution in [0.2, 0.25) is 0 Å². The monoisotopic (exact) mass is 202 g/mol. The number of fused-ring (bicyclic) bond motifs is 1. The molecule has 0 aliphatic rings. The normalized spacial score (nSPS) is 11.0. The van der Waals surface area contributed by atoms with E-state index in [-0.39, 0.29) is 0 Å². The van der Waals surface area contributed by atoms with E-state index in [1.807, 2.05) is 6.26 Å². The number of hydrogen-bond donors (Lipinski definition) is 0. The van der Waals surface area contributed by atoms with Crippen molar-refractivity contribution in [3.63, 3.8) is 0 Å². The molecule has 15 heavy (non-hydrogen) atoms. The van der Waals surface area contributed by atoms with Crippen LogP contribution in [0.3, 0.4) is 0 Å². The molecule has 1 heterocycles. The lowest BCUT2D eigenvalue weighted by atomic mass is 10.0. The smallest absolute Gasteiger partial charge is 0.0981 e. The van der Waals surface area contributed by atoms with E-state index in [0.29, 0.717) is 0 Å². The van der Waals surface area contributed by atoms with E-state index in [4.69, 9.17) is 4.42 Å². The fourth-order valence-corrected chi connectivity index (χ4v) is 1.93. The van der Waals surface area contributed by atoms with Crippen molar-refractivity contribution in [2.75, 3.05) is 0 Å². The largest absolute Gasteiger partial charge is 0.471 e. The summed E-state index contributed by atoms with van der Waals surface area (Å²) in [7, 11) is 0. The van der Waals surface area contributed by atoms with Gasteiger partial charge >= 0.3 is 0 Å². The van der Waals surface area contributed by atoms with Gasteiger partial charge < -0.3 is 4.42 Å². The molecule has 0 bridgehead atoms. The average Bonchev–Trinajstić information content (AvgIpc) is 2.71. The molecule has 80 valence electrons. The molecule has 0 spiro atoms. The molecule has 2 aromatic rings. The number of hydrogen-bond acceptors (Lipinski definition) is 1. The molecule has 1 heteroatoms. The lowest BCUT2D eigenvalue weighted by Crippen LogP contribution is -1.85. The lowest BCUT2D eigenvalue weighted by Gasteiger charge is -2.00. The Balaban J connectivity index is 1.96. The van der Waals surface area contributed by atoms with Gasteiger partial charge in [0.2, 0.25) is 0 Å². The highest BCUT2D eigenvalue weighted by Crippen LogP contribution is 2.18. The molecule has 0 saturated carbocycles. The maximum atomic E-state index is 5.16. The van der Waals surface area contributed by atoms with E-state index in [0.717, 1.165) is 0 Å². The molecule has 0 aliphatic heterocycles. The fraction of sp³-hybridized carbons (Fsp3) is 0.429. The van der Waals surface area contributed by atoms with Crippen LogP contribution in [0.15, 0.2) is 35.1 Å². The number of furan rings is 1. The molecule has 0 N–H and O–H groups in total. The standard InChI is InChI=1S/C14H18O/c1-2-3-4-5-6-12-7-8-13-10-15-11-14(13)9-12/h7-11H,2-6H2,1H3. The van der Waals surface area contributed by atoms with E-state index in [2.05, 4.69) is 25.1 Å². The summed E-state index contributed by atoms with van der Waals surface area (Å²) in [4.78, 5) is 0. The summed E-state index contributed by atoms with van der Waals surface area (Å²) < 4.78 is 5.16. The van der Waals surface area contributed by atoms with Crippen LogP contribution >= 0.6 is 0 Å². The summed E-state index contributed by atoms with van der Waals surface area (Å²) in [6.45, 7) is 2.25. The van der Waals surface area contributed by atoms with Crippen molar-refractivity contribution in [1.29, 1.82) is 0 Å². The Kier molecular flexibility index (Phi) is 3.44. The highest BCUT2D eigenvalue weighted by Gasteiger charge is 1.98. The maximum Gasteiger partial charge on any atom is 0.0981 e. The van der Waals surface area contributed by atoms with Gasteiger partial charge in [0.25, 0.3) is 0 Å². The van der Waals surface area contributed by atoms with Gasteiger partial charge in [-0.25, -0.2) is 0 Å². The van der Waals surface area contributed by atoms with Gasteiger partial charge in [-0.3, -0.25) is 0 Å². The van der Waals surface area contributed by atoms with Gasteiger partial charge in [0, 0.05) is 10.8 Å². The highest BCUT2D eigenvalue weighted by atomic mass is 16.3. The van der Waals surface area contributed by atoms with E-state index >= 15 is 0 Å². The van der Waals surface area contributed by atoms with Crippen molar-refractivity contribution in [1.82, 2.24) is 0 Å². The molecule has 0 amide bonds. The van der Waals surface area contributed by atoms with Crippen LogP contribution in [0.25, 0.3) is 10.8 Å². The third-order valence-electron chi connectivity index (χ3n) is 2.86. The summed E-state index contributed by atoms with van der Waals surface area (Å²) in [6.07, 6.45) is 10.1. The third kappa shape index (κ3) is 2.62. The summed E-state index contributed by atoms with van der Waals surface area (Å²) in [5.41, 5.74) is 1.43. The van der Waals surface area contributed by atoms with Gasteiger partial charge in [-0.1, -0.05) is 38.3 Å². The first-order valence-corrected chi connectivity index (χ1v) is 5.85. The predicted octanol–water partition coefficient (Wildman–Crippen LogP) is 4.56. The molecule has 1 aromatic heterocycles. The van der Waals surface area contributed by atoms with Crippen molar-refractivity contribution in [2.45, 2.75) is 39.0 Å². The van der Waals surface area contributed by atoms with Crippen LogP contribution in [0, 0.1) is 0 Å². The van der Waals surface area contributed by atoms with Crippen molar-refractivity contribution >= 4 is 10.8 Å². The van der Waals surface area contributed by atoms with Crippen LogP contribution in [-0.2, 0) is 6.42 Å². The van der Waals surface area contributed by atoms with E-state index in [9.17, 15) is 0 Å². The zero-order valence-electron chi connectivity index (χ0n) is 9.33. The molecule has 0 aliphatic carbocycles. The molecule has 1 nitrogen and oxygen atoms in total.